The van der Waals surface area contributed by atoms with Gasteiger partial charge >= 0.3 is 0 Å². The van der Waals surface area contributed by atoms with Crippen LogP contribution in [0.25, 0.3) is 0 Å². The molecule has 2 N–H and O–H groups in total. The Bertz CT molecular complexity index is 402. The minimum Gasteiger partial charge on any atom is -0.371 e. The van der Waals surface area contributed by atoms with Gasteiger partial charge < -0.3 is 10.6 Å². The predicted molar refractivity (Wildman–Crippen MR) is 88.3 cm³/mol. The first-order chi connectivity index (χ1) is 9.74. The van der Waals surface area contributed by atoms with Gasteiger partial charge in [0, 0.05) is 24.8 Å². The fraction of sp³-hybridized carbons (Fsp3) is 0.667. The fourth-order valence-corrected chi connectivity index (χ4v) is 3.23. The van der Waals surface area contributed by atoms with Crippen LogP contribution in [0.2, 0.25) is 0 Å². The van der Waals surface area contributed by atoms with E-state index in [4.69, 9.17) is 5.73 Å². The van der Waals surface area contributed by atoms with Crippen molar-refractivity contribution in [2.45, 2.75) is 58.4 Å². The van der Waals surface area contributed by atoms with E-state index in [9.17, 15) is 0 Å². The summed E-state index contributed by atoms with van der Waals surface area (Å²) in [4.78, 5) is 2.59. The highest BCUT2D eigenvalue weighted by molar-refractivity contribution is 5.54. The van der Waals surface area contributed by atoms with Crippen molar-refractivity contribution in [2.75, 3.05) is 18.0 Å². The molecule has 1 aromatic rings. The van der Waals surface area contributed by atoms with Crippen molar-refractivity contribution in [1.82, 2.24) is 0 Å². The zero-order valence-electron chi connectivity index (χ0n) is 13.1. The van der Waals surface area contributed by atoms with Crippen molar-refractivity contribution in [3.05, 3.63) is 29.8 Å². The van der Waals surface area contributed by atoms with Crippen molar-refractivity contribution in [1.29, 1.82) is 0 Å². The molecule has 2 atom stereocenters. The maximum absolute atomic E-state index is 6.16. The molecule has 0 aromatic heterocycles. The molecule has 1 saturated heterocycles. The van der Waals surface area contributed by atoms with Crippen LogP contribution in [0.3, 0.4) is 0 Å². The van der Waals surface area contributed by atoms with Crippen molar-refractivity contribution in [2.24, 2.45) is 11.7 Å². The summed E-state index contributed by atoms with van der Waals surface area (Å²) < 4.78 is 0. The van der Waals surface area contributed by atoms with Crippen LogP contribution < -0.4 is 10.6 Å². The van der Waals surface area contributed by atoms with Crippen molar-refractivity contribution in [3.8, 4) is 0 Å². The molecule has 20 heavy (non-hydrogen) atoms. The Hall–Kier alpha value is -1.02. The molecule has 1 aromatic carbocycles. The lowest BCUT2D eigenvalue weighted by Crippen LogP contribution is -2.27. The zero-order valence-corrected chi connectivity index (χ0v) is 13.1. The van der Waals surface area contributed by atoms with Gasteiger partial charge in [0.05, 0.1) is 0 Å². The molecular weight excluding hydrogens is 244 g/mol. The summed E-state index contributed by atoms with van der Waals surface area (Å²) in [5.74, 6) is 0.921. The Morgan fingerprint density at radius 3 is 2.75 bits per heavy atom. The maximum atomic E-state index is 6.16. The zero-order chi connectivity index (χ0) is 14.4. The highest BCUT2D eigenvalue weighted by atomic mass is 15.1. The molecule has 0 spiro atoms. The number of benzene rings is 1. The average Bonchev–Trinajstić information content (AvgIpc) is 2.73. The highest BCUT2D eigenvalue weighted by Gasteiger charge is 2.18. The summed E-state index contributed by atoms with van der Waals surface area (Å²) in [5.41, 5.74) is 9.01. The number of rotatable bonds is 5. The summed E-state index contributed by atoms with van der Waals surface area (Å²) in [5, 5.41) is 0. The summed E-state index contributed by atoms with van der Waals surface area (Å²) in [6, 6.07) is 9.13. The van der Waals surface area contributed by atoms with Gasteiger partial charge in [0.15, 0.2) is 0 Å². The third-order valence-electron chi connectivity index (χ3n) is 4.76. The van der Waals surface area contributed by atoms with E-state index in [1.165, 1.54) is 50.0 Å². The van der Waals surface area contributed by atoms with Crippen molar-refractivity contribution in [3.63, 3.8) is 0 Å². The van der Waals surface area contributed by atoms with Gasteiger partial charge in [-0.05, 0) is 49.7 Å². The van der Waals surface area contributed by atoms with E-state index < -0.39 is 0 Å². The lowest BCUT2D eigenvalue weighted by molar-refractivity contribution is 0.459. The Morgan fingerprint density at radius 1 is 1.20 bits per heavy atom. The van der Waals surface area contributed by atoms with Gasteiger partial charge in [-0.1, -0.05) is 38.5 Å². The van der Waals surface area contributed by atoms with E-state index >= 15 is 0 Å². The number of nitrogens with two attached hydrogens (primary N) is 1. The molecule has 1 aliphatic heterocycles. The number of hydrogen-bond acceptors (Lipinski definition) is 2. The monoisotopic (exact) mass is 274 g/mol. The normalized spacial score (nSPS) is 21.6. The smallest absolute Gasteiger partial charge is 0.0399 e. The topological polar surface area (TPSA) is 29.3 Å². The van der Waals surface area contributed by atoms with Gasteiger partial charge in [-0.2, -0.15) is 0 Å². The van der Waals surface area contributed by atoms with Crippen LogP contribution in [0.5, 0.6) is 0 Å². The number of para-hydroxylation sites is 1. The number of anilines is 1. The Labute approximate surface area is 124 Å². The third-order valence-corrected chi connectivity index (χ3v) is 4.76. The van der Waals surface area contributed by atoms with Crippen molar-refractivity contribution >= 4 is 5.69 Å². The molecular formula is C18H30N2. The second-order valence-corrected chi connectivity index (χ2v) is 6.19. The van der Waals surface area contributed by atoms with Crippen LogP contribution in [0.15, 0.2) is 24.3 Å². The van der Waals surface area contributed by atoms with E-state index in [0.717, 1.165) is 18.8 Å². The lowest BCUT2D eigenvalue weighted by atomic mass is 9.98. The quantitative estimate of drug-likeness (QED) is 0.880. The maximum Gasteiger partial charge on any atom is 0.0399 e. The first kappa shape index (κ1) is 15.4. The molecule has 1 heterocycles. The molecule has 0 bridgehead atoms. The van der Waals surface area contributed by atoms with Crippen LogP contribution >= 0.6 is 0 Å². The minimum absolute atomic E-state index is 0.284. The molecule has 0 aliphatic carbocycles. The number of hydrogen-bond donors (Lipinski definition) is 1. The number of nitrogens with zero attached hydrogens (tertiary/aromatic N) is 1. The highest BCUT2D eigenvalue weighted by Crippen LogP contribution is 2.27. The van der Waals surface area contributed by atoms with Gasteiger partial charge in [0.25, 0.3) is 0 Å². The molecule has 112 valence electrons. The van der Waals surface area contributed by atoms with E-state index in [1.54, 1.807) is 0 Å². The summed E-state index contributed by atoms with van der Waals surface area (Å²) in [7, 11) is 0. The Kier molecular flexibility index (Phi) is 5.90. The molecule has 2 heteroatoms. The second-order valence-electron chi connectivity index (χ2n) is 6.19. The largest absolute Gasteiger partial charge is 0.371 e. The summed E-state index contributed by atoms with van der Waals surface area (Å²) in [6.07, 6.45) is 7.43. The first-order valence-electron chi connectivity index (χ1n) is 8.33. The van der Waals surface area contributed by atoms with Gasteiger partial charge in [0.1, 0.15) is 0 Å². The van der Waals surface area contributed by atoms with Gasteiger partial charge in [-0.15, -0.1) is 0 Å². The van der Waals surface area contributed by atoms with Gasteiger partial charge in [0.2, 0.25) is 0 Å². The summed E-state index contributed by atoms with van der Waals surface area (Å²) in [6.45, 7) is 6.91. The van der Waals surface area contributed by atoms with Crippen LogP contribution in [-0.2, 0) is 6.42 Å². The van der Waals surface area contributed by atoms with E-state index in [1.807, 2.05) is 0 Å². The minimum atomic E-state index is 0.284. The first-order valence-corrected chi connectivity index (χ1v) is 8.33. The van der Waals surface area contributed by atoms with Crippen LogP contribution in [0, 0.1) is 5.92 Å². The lowest BCUT2D eigenvalue weighted by Gasteiger charge is -2.26. The van der Waals surface area contributed by atoms with Gasteiger partial charge in [-0.25, -0.2) is 0 Å². The Morgan fingerprint density at radius 2 is 2.00 bits per heavy atom. The molecule has 2 nitrogen and oxygen atoms in total. The predicted octanol–water partition coefficient (Wildman–Crippen LogP) is 3.98. The van der Waals surface area contributed by atoms with E-state index in [0.29, 0.717) is 0 Å². The van der Waals surface area contributed by atoms with Gasteiger partial charge in [-0.3, -0.25) is 0 Å². The van der Waals surface area contributed by atoms with Crippen molar-refractivity contribution < 1.29 is 0 Å². The second kappa shape index (κ2) is 7.68. The Balaban J connectivity index is 2.11. The fourth-order valence-electron chi connectivity index (χ4n) is 3.23. The summed E-state index contributed by atoms with van der Waals surface area (Å²) >= 11 is 0. The molecule has 2 rings (SSSR count). The molecule has 2 unspecified atom stereocenters. The SMILES string of the molecule is CCC(N)Cc1ccccc1N1CCCC(CC)CC1. The third kappa shape index (κ3) is 3.99. The average molecular weight is 274 g/mol. The molecule has 0 amide bonds. The van der Waals surface area contributed by atoms with E-state index in [-0.39, 0.29) is 6.04 Å². The molecule has 1 aliphatic rings. The molecule has 0 radical (unpaired) electrons. The van der Waals surface area contributed by atoms with Crippen LogP contribution in [0.1, 0.15) is 51.5 Å². The van der Waals surface area contributed by atoms with E-state index in [2.05, 4.69) is 43.0 Å². The standard InChI is InChI=1S/C18H30N2/c1-3-15-8-7-12-20(13-11-15)18-10-6-5-9-16(18)14-17(19)4-2/h5-6,9-10,15,17H,3-4,7-8,11-14,19H2,1-2H3. The molecule has 0 saturated carbocycles. The molecule has 1 fully saturated rings. The van der Waals surface area contributed by atoms with Crippen LogP contribution in [0.4, 0.5) is 5.69 Å². The van der Waals surface area contributed by atoms with Crippen LogP contribution in [-0.4, -0.2) is 19.1 Å².